The van der Waals surface area contributed by atoms with E-state index in [1.54, 1.807) is 4.90 Å². The van der Waals surface area contributed by atoms with Gasteiger partial charge in [0.25, 0.3) is 0 Å². The molecule has 0 unspecified atom stereocenters. The van der Waals surface area contributed by atoms with Gasteiger partial charge in [-0.25, -0.2) is 4.79 Å². The predicted octanol–water partition coefficient (Wildman–Crippen LogP) is 4.45. The van der Waals surface area contributed by atoms with Gasteiger partial charge in [-0.3, -0.25) is 0 Å². The second-order valence-corrected chi connectivity index (χ2v) is 9.39. The number of carbonyl (C=O) groups is 1. The third-order valence-electron chi connectivity index (χ3n) is 4.41. The molecule has 0 bridgehead atoms. The number of carbonyl (C=O) groups excluding carboxylic acids is 1. The third-order valence-corrected chi connectivity index (χ3v) is 4.41. The molecule has 0 N–H and O–H groups in total. The maximum Gasteiger partial charge on any atom is 0.410 e. The molecule has 0 aromatic heterocycles. The van der Waals surface area contributed by atoms with Crippen LogP contribution in [0.1, 0.15) is 54.4 Å². The van der Waals surface area contributed by atoms with Crippen molar-refractivity contribution in [1.82, 2.24) is 4.90 Å². The Morgan fingerprint density at radius 3 is 2.00 bits per heavy atom. The molecule has 26 heavy (non-hydrogen) atoms. The quantitative estimate of drug-likeness (QED) is 0.795. The maximum absolute atomic E-state index is 12.2. The first-order valence-electron chi connectivity index (χ1n) is 9.57. The number of benzene rings is 1. The van der Waals surface area contributed by atoms with E-state index in [-0.39, 0.29) is 11.7 Å². The van der Waals surface area contributed by atoms with Crippen molar-refractivity contribution >= 4 is 11.8 Å². The first kappa shape index (κ1) is 18.9. The van der Waals surface area contributed by atoms with Gasteiger partial charge >= 0.3 is 6.09 Å². The van der Waals surface area contributed by atoms with Crippen molar-refractivity contribution in [2.45, 2.75) is 77.7 Å². The van der Waals surface area contributed by atoms with Gasteiger partial charge in [0.1, 0.15) is 17.0 Å². The third kappa shape index (κ3) is 4.83. The first-order valence-corrected chi connectivity index (χ1v) is 9.57. The summed E-state index contributed by atoms with van der Waals surface area (Å²) in [5.41, 5.74) is 0.573. The zero-order chi connectivity index (χ0) is 19.1. The molecule has 1 amide bonds. The van der Waals surface area contributed by atoms with Crippen LogP contribution in [0.5, 0.6) is 5.75 Å². The van der Waals surface area contributed by atoms with E-state index >= 15 is 0 Å². The number of likely N-dealkylation sites (tertiary alicyclic amines) is 1. The molecule has 144 valence electrons. The van der Waals surface area contributed by atoms with E-state index in [1.165, 1.54) is 18.5 Å². The standard InChI is InChI=1S/C21H32N2O3/c1-20(2,3)25-18-11-9-16(10-12-18)23(15-7-8-15)17-13-22(14-17)19(24)26-21(4,5)6/h9-12,15,17H,7-8,13-14H2,1-6H3. The van der Waals surface area contributed by atoms with Gasteiger partial charge in [0, 0.05) is 24.8 Å². The van der Waals surface area contributed by atoms with Gasteiger partial charge < -0.3 is 19.3 Å². The van der Waals surface area contributed by atoms with Crippen LogP contribution in [0, 0.1) is 0 Å². The molecule has 0 atom stereocenters. The fourth-order valence-corrected chi connectivity index (χ4v) is 3.22. The summed E-state index contributed by atoms with van der Waals surface area (Å²) in [6.07, 6.45) is 2.24. The predicted molar refractivity (Wildman–Crippen MR) is 104 cm³/mol. The molecule has 0 spiro atoms. The Morgan fingerprint density at radius 1 is 0.962 bits per heavy atom. The van der Waals surface area contributed by atoms with E-state index in [2.05, 4.69) is 37.8 Å². The second-order valence-electron chi connectivity index (χ2n) is 9.39. The van der Waals surface area contributed by atoms with E-state index in [1.807, 2.05) is 32.9 Å². The summed E-state index contributed by atoms with van der Waals surface area (Å²) in [7, 11) is 0. The van der Waals surface area contributed by atoms with E-state index in [4.69, 9.17) is 9.47 Å². The molecule has 1 aliphatic carbocycles. The Balaban J connectivity index is 1.62. The van der Waals surface area contributed by atoms with Crippen LogP contribution >= 0.6 is 0 Å². The summed E-state index contributed by atoms with van der Waals surface area (Å²) in [5.74, 6) is 0.890. The molecule has 5 nitrogen and oxygen atoms in total. The zero-order valence-electron chi connectivity index (χ0n) is 16.9. The van der Waals surface area contributed by atoms with Gasteiger partial charge in [-0.2, -0.15) is 0 Å². The zero-order valence-corrected chi connectivity index (χ0v) is 16.9. The first-order chi connectivity index (χ1) is 12.0. The van der Waals surface area contributed by atoms with Crippen LogP contribution in [0.3, 0.4) is 0 Å². The molecule has 1 aromatic carbocycles. The van der Waals surface area contributed by atoms with Crippen LogP contribution in [0.2, 0.25) is 0 Å². The number of hydrogen-bond acceptors (Lipinski definition) is 4. The normalized spacial score (nSPS) is 18.3. The number of hydrogen-bond donors (Lipinski definition) is 0. The molecule has 1 saturated heterocycles. The summed E-state index contributed by atoms with van der Waals surface area (Å²) in [6.45, 7) is 13.3. The SMILES string of the molecule is CC(C)(C)OC(=O)N1CC(N(c2ccc(OC(C)(C)C)cc2)C2CC2)C1. The van der Waals surface area contributed by atoms with Gasteiger partial charge in [0.15, 0.2) is 0 Å². The fourth-order valence-electron chi connectivity index (χ4n) is 3.22. The second kappa shape index (κ2) is 6.67. The minimum Gasteiger partial charge on any atom is -0.488 e. The Labute approximate surface area is 157 Å². The van der Waals surface area contributed by atoms with Crippen LogP contribution < -0.4 is 9.64 Å². The maximum atomic E-state index is 12.2. The van der Waals surface area contributed by atoms with Crippen molar-refractivity contribution in [3.8, 4) is 5.75 Å². The van der Waals surface area contributed by atoms with Crippen LogP contribution in [-0.2, 0) is 4.74 Å². The van der Waals surface area contributed by atoms with Gasteiger partial charge in [-0.05, 0) is 78.6 Å². The lowest BCUT2D eigenvalue weighted by atomic mass is 10.1. The van der Waals surface area contributed by atoms with E-state index < -0.39 is 5.60 Å². The van der Waals surface area contributed by atoms with Crippen LogP contribution in [0.4, 0.5) is 10.5 Å². The van der Waals surface area contributed by atoms with E-state index in [0.717, 1.165) is 18.8 Å². The number of amides is 1. The van der Waals surface area contributed by atoms with Crippen molar-refractivity contribution in [3.05, 3.63) is 24.3 Å². The van der Waals surface area contributed by atoms with Crippen molar-refractivity contribution in [1.29, 1.82) is 0 Å². The number of ether oxygens (including phenoxy) is 2. The van der Waals surface area contributed by atoms with Crippen molar-refractivity contribution in [2.24, 2.45) is 0 Å². The summed E-state index contributed by atoms with van der Waals surface area (Å²) in [5, 5.41) is 0. The highest BCUT2D eigenvalue weighted by Crippen LogP contribution is 2.37. The van der Waals surface area contributed by atoms with E-state index in [9.17, 15) is 4.79 Å². The average Bonchev–Trinajstić information content (AvgIpc) is 3.23. The number of nitrogens with zero attached hydrogens (tertiary/aromatic N) is 2. The molecule has 1 saturated carbocycles. The van der Waals surface area contributed by atoms with Crippen molar-refractivity contribution in [2.75, 3.05) is 18.0 Å². The molecule has 1 aliphatic heterocycles. The summed E-state index contributed by atoms with van der Waals surface area (Å²) in [4.78, 5) is 16.4. The monoisotopic (exact) mass is 360 g/mol. The molecular formula is C21H32N2O3. The van der Waals surface area contributed by atoms with Gasteiger partial charge in [0.05, 0.1) is 6.04 Å². The van der Waals surface area contributed by atoms with Crippen LogP contribution in [0.15, 0.2) is 24.3 Å². The lowest BCUT2D eigenvalue weighted by molar-refractivity contribution is 0.00797. The molecule has 1 aromatic rings. The number of anilines is 1. The molecule has 0 radical (unpaired) electrons. The minimum atomic E-state index is -0.443. The fraction of sp³-hybridized carbons (Fsp3) is 0.667. The summed E-state index contributed by atoms with van der Waals surface area (Å²) < 4.78 is 11.4. The minimum absolute atomic E-state index is 0.195. The van der Waals surface area contributed by atoms with Crippen LogP contribution in [0.25, 0.3) is 0 Å². The van der Waals surface area contributed by atoms with Crippen molar-refractivity contribution < 1.29 is 14.3 Å². The largest absolute Gasteiger partial charge is 0.488 e. The Kier molecular flexibility index (Phi) is 4.84. The van der Waals surface area contributed by atoms with Gasteiger partial charge in [-0.1, -0.05) is 0 Å². The van der Waals surface area contributed by atoms with Gasteiger partial charge in [-0.15, -0.1) is 0 Å². The van der Waals surface area contributed by atoms with Crippen molar-refractivity contribution in [3.63, 3.8) is 0 Å². The smallest absolute Gasteiger partial charge is 0.410 e. The Hall–Kier alpha value is -1.91. The summed E-state index contributed by atoms with van der Waals surface area (Å²) in [6, 6.07) is 9.31. The lowest BCUT2D eigenvalue weighted by Gasteiger charge is -2.46. The number of rotatable bonds is 4. The highest BCUT2D eigenvalue weighted by atomic mass is 16.6. The average molecular weight is 360 g/mol. The topological polar surface area (TPSA) is 42.0 Å². The summed E-state index contributed by atoms with van der Waals surface area (Å²) >= 11 is 0. The Bertz CT molecular complexity index is 633. The molecule has 3 rings (SSSR count). The molecule has 2 fully saturated rings. The van der Waals surface area contributed by atoms with Crippen LogP contribution in [-0.4, -0.2) is 47.4 Å². The molecule has 2 aliphatic rings. The Morgan fingerprint density at radius 2 is 1.54 bits per heavy atom. The van der Waals surface area contributed by atoms with Gasteiger partial charge in [0.2, 0.25) is 0 Å². The van der Waals surface area contributed by atoms with E-state index in [0.29, 0.717) is 12.1 Å². The highest BCUT2D eigenvalue weighted by Gasteiger charge is 2.42. The molecular weight excluding hydrogens is 328 g/mol. The molecule has 1 heterocycles. The highest BCUT2D eigenvalue weighted by molar-refractivity contribution is 5.70. The molecule has 5 heteroatoms. The lowest BCUT2D eigenvalue weighted by Crippen LogP contribution is -2.62.